The van der Waals surface area contributed by atoms with E-state index in [1.807, 2.05) is 0 Å². The lowest BCUT2D eigenvalue weighted by molar-refractivity contribution is -0.161. The molecule has 0 saturated heterocycles. The molecule has 103 heavy (non-hydrogen) atoms. The number of phosphoric acid groups is 2. The van der Waals surface area contributed by atoms with E-state index in [-0.39, 0.29) is 25.7 Å². The Morgan fingerprint density at radius 1 is 0.262 bits per heavy atom. The van der Waals surface area contributed by atoms with Gasteiger partial charge in [-0.15, -0.1) is 0 Å². The van der Waals surface area contributed by atoms with Gasteiger partial charge in [-0.2, -0.15) is 0 Å². The highest BCUT2D eigenvalue weighted by atomic mass is 31.2. The fourth-order valence-electron chi connectivity index (χ4n) is 13.0. The van der Waals surface area contributed by atoms with Crippen molar-refractivity contribution in [3.05, 3.63) is 0 Å². The van der Waals surface area contributed by atoms with Crippen LogP contribution in [-0.4, -0.2) is 96.7 Å². The first-order valence-electron chi connectivity index (χ1n) is 43.3. The van der Waals surface area contributed by atoms with Crippen molar-refractivity contribution in [1.29, 1.82) is 0 Å². The maximum atomic E-state index is 13.1. The Labute approximate surface area is 632 Å². The van der Waals surface area contributed by atoms with E-state index in [2.05, 4.69) is 48.5 Å². The van der Waals surface area contributed by atoms with Gasteiger partial charge in [0.15, 0.2) is 12.2 Å². The molecule has 612 valence electrons. The van der Waals surface area contributed by atoms with Gasteiger partial charge >= 0.3 is 39.5 Å². The van der Waals surface area contributed by atoms with E-state index in [0.29, 0.717) is 25.7 Å². The van der Waals surface area contributed by atoms with E-state index < -0.39 is 97.5 Å². The zero-order valence-electron chi connectivity index (χ0n) is 67.8. The minimum atomic E-state index is -4.96. The lowest BCUT2D eigenvalue weighted by Crippen LogP contribution is -2.30. The predicted molar refractivity (Wildman–Crippen MR) is 423 cm³/mol. The van der Waals surface area contributed by atoms with Crippen LogP contribution in [0.3, 0.4) is 0 Å². The molecule has 0 rings (SSSR count). The number of phosphoric ester groups is 2. The molecule has 3 N–H and O–H groups in total. The molecular formula is C84H164O17P2. The summed E-state index contributed by atoms with van der Waals surface area (Å²) in [6.45, 7) is 12.0. The SMILES string of the molecule is CCCCCCCCCCCCCCCCC(=O)O[C@H](COC(=O)CCCCCCCCCCCCC(C)C)COP(=O)(O)OC[C@H](O)COP(=O)(O)OC[C@@H](COC(=O)CCCCCCCCCCCCCCC(C)C)OC(=O)CCCCCCCCCCCCCCCCCCCCC(C)C. The molecule has 0 aromatic rings. The van der Waals surface area contributed by atoms with E-state index in [0.717, 1.165) is 108 Å². The fraction of sp³-hybridized carbons (Fsp3) is 0.952. The summed E-state index contributed by atoms with van der Waals surface area (Å²) in [5.74, 6) is 0.256. The third kappa shape index (κ3) is 78.0. The van der Waals surface area contributed by atoms with Crippen molar-refractivity contribution in [1.82, 2.24) is 0 Å². The van der Waals surface area contributed by atoms with E-state index in [9.17, 15) is 43.2 Å². The van der Waals surface area contributed by atoms with Crippen LogP contribution in [0.25, 0.3) is 0 Å². The molecule has 0 spiro atoms. The van der Waals surface area contributed by atoms with Crippen LogP contribution in [0.4, 0.5) is 0 Å². The number of unbranched alkanes of at least 4 members (excludes halogenated alkanes) is 50. The van der Waals surface area contributed by atoms with Crippen molar-refractivity contribution in [3.8, 4) is 0 Å². The molecule has 0 aliphatic heterocycles. The monoisotopic (exact) mass is 1510 g/mol. The zero-order valence-corrected chi connectivity index (χ0v) is 69.6. The number of aliphatic hydroxyl groups is 1. The molecule has 19 heteroatoms. The Kier molecular flexibility index (Phi) is 72.8. The average molecular weight is 1510 g/mol. The molecule has 0 radical (unpaired) electrons. The number of esters is 4. The molecule has 0 saturated carbocycles. The second-order valence-electron chi connectivity index (χ2n) is 31.6. The number of carbonyl (C=O) groups excluding carboxylic acids is 4. The number of hydrogen-bond acceptors (Lipinski definition) is 15. The summed E-state index contributed by atoms with van der Waals surface area (Å²) >= 11 is 0. The summed E-state index contributed by atoms with van der Waals surface area (Å²) in [6.07, 6.45) is 63.8. The number of rotatable bonds is 82. The van der Waals surface area contributed by atoms with Crippen LogP contribution in [-0.2, 0) is 65.4 Å². The molecule has 0 aromatic carbocycles. The first-order chi connectivity index (χ1) is 49.7. The van der Waals surface area contributed by atoms with E-state index >= 15 is 0 Å². The van der Waals surface area contributed by atoms with Crippen LogP contribution < -0.4 is 0 Å². The maximum absolute atomic E-state index is 13.1. The molecule has 0 bridgehead atoms. The van der Waals surface area contributed by atoms with Crippen LogP contribution in [0.5, 0.6) is 0 Å². The second-order valence-corrected chi connectivity index (χ2v) is 34.6. The van der Waals surface area contributed by atoms with Crippen molar-refractivity contribution in [2.45, 2.75) is 458 Å². The normalized spacial score (nSPS) is 13.9. The van der Waals surface area contributed by atoms with Crippen molar-refractivity contribution in [2.75, 3.05) is 39.6 Å². The summed E-state index contributed by atoms with van der Waals surface area (Å²) in [6, 6.07) is 0. The second kappa shape index (κ2) is 74.2. The first kappa shape index (κ1) is 101. The van der Waals surface area contributed by atoms with Crippen LogP contribution >= 0.6 is 15.6 Å². The Morgan fingerprint density at radius 3 is 0.660 bits per heavy atom. The van der Waals surface area contributed by atoms with Crippen LogP contribution in [0, 0.1) is 17.8 Å². The van der Waals surface area contributed by atoms with Gasteiger partial charge in [0.2, 0.25) is 0 Å². The molecule has 5 atom stereocenters. The highest BCUT2D eigenvalue weighted by Crippen LogP contribution is 2.45. The molecular weight excluding hydrogens is 1340 g/mol. The summed E-state index contributed by atoms with van der Waals surface area (Å²) in [7, 11) is -9.93. The lowest BCUT2D eigenvalue weighted by atomic mass is 10.0. The number of aliphatic hydroxyl groups excluding tert-OH is 1. The standard InChI is InChI=1S/C84H164O17P2/c1-8-9-10-11-12-13-14-15-23-30-39-46-53-60-67-83(88)101-80(72-95-82(87)66-59-52-45-38-33-32-36-43-50-57-64-77(6)7)74-99-103(92,93)97-70-78(85)69-96-102(90,91)98-73-79(71-94-81(86)65-58-51-44-37-29-26-25-28-35-42-49-56-63-76(4)5)100-84(89)68-61-54-47-40-31-24-21-19-17-16-18-20-22-27-34-41-48-55-62-75(2)3/h75-80,85H,8-74H2,1-7H3,(H,90,91)(H,92,93)/t78-,79-,80-/m1/s1. The van der Waals surface area contributed by atoms with Gasteiger partial charge < -0.3 is 33.8 Å². The molecule has 2 unspecified atom stereocenters. The van der Waals surface area contributed by atoms with Crippen LogP contribution in [0.15, 0.2) is 0 Å². The van der Waals surface area contributed by atoms with Gasteiger partial charge in [0.25, 0.3) is 0 Å². The third-order valence-electron chi connectivity index (χ3n) is 19.6. The van der Waals surface area contributed by atoms with Crippen molar-refractivity contribution in [2.24, 2.45) is 17.8 Å². The van der Waals surface area contributed by atoms with Gasteiger partial charge in [-0.25, -0.2) is 9.13 Å². The van der Waals surface area contributed by atoms with Crippen molar-refractivity contribution in [3.63, 3.8) is 0 Å². The minimum absolute atomic E-state index is 0.108. The smallest absolute Gasteiger partial charge is 0.462 e. The number of ether oxygens (including phenoxy) is 4. The molecule has 0 amide bonds. The van der Waals surface area contributed by atoms with Crippen LogP contribution in [0.1, 0.15) is 440 Å². The van der Waals surface area contributed by atoms with Gasteiger partial charge in [0.05, 0.1) is 26.4 Å². The van der Waals surface area contributed by atoms with Gasteiger partial charge in [0.1, 0.15) is 19.3 Å². The summed E-state index contributed by atoms with van der Waals surface area (Å²) < 4.78 is 68.8. The molecule has 17 nitrogen and oxygen atoms in total. The van der Waals surface area contributed by atoms with Gasteiger partial charge in [-0.3, -0.25) is 37.3 Å². The molecule has 0 fully saturated rings. The first-order valence-corrected chi connectivity index (χ1v) is 46.3. The lowest BCUT2D eigenvalue weighted by Gasteiger charge is -2.21. The zero-order chi connectivity index (χ0) is 75.8. The summed E-state index contributed by atoms with van der Waals surface area (Å²) in [5, 5.41) is 10.7. The summed E-state index contributed by atoms with van der Waals surface area (Å²) in [5.41, 5.74) is 0. The van der Waals surface area contributed by atoms with Gasteiger partial charge in [-0.1, -0.05) is 389 Å². The Hall–Kier alpha value is -1.94. The minimum Gasteiger partial charge on any atom is -0.462 e. The predicted octanol–water partition coefficient (Wildman–Crippen LogP) is 25.3. The van der Waals surface area contributed by atoms with Crippen LogP contribution in [0.2, 0.25) is 0 Å². The maximum Gasteiger partial charge on any atom is 0.472 e. The van der Waals surface area contributed by atoms with E-state index in [1.165, 1.54) is 250 Å². The highest BCUT2D eigenvalue weighted by Gasteiger charge is 2.30. The number of hydrogen-bond donors (Lipinski definition) is 3. The topological polar surface area (TPSA) is 237 Å². The van der Waals surface area contributed by atoms with E-state index in [1.54, 1.807) is 0 Å². The Morgan fingerprint density at radius 2 is 0.447 bits per heavy atom. The molecule has 0 aliphatic rings. The van der Waals surface area contributed by atoms with Crippen molar-refractivity contribution >= 4 is 39.5 Å². The quantitative estimate of drug-likeness (QED) is 0.0222. The van der Waals surface area contributed by atoms with Gasteiger partial charge in [0, 0.05) is 25.7 Å². The molecule has 0 aliphatic carbocycles. The van der Waals surface area contributed by atoms with Crippen molar-refractivity contribution < 1.29 is 80.2 Å². The molecule has 0 heterocycles. The van der Waals surface area contributed by atoms with E-state index in [4.69, 9.17) is 37.0 Å². The third-order valence-corrected chi connectivity index (χ3v) is 21.5. The Balaban J connectivity index is 5.25. The van der Waals surface area contributed by atoms with Gasteiger partial charge in [-0.05, 0) is 43.4 Å². The largest absolute Gasteiger partial charge is 0.472 e. The summed E-state index contributed by atoms with van der Waals surface area (Å²) in [4.78, 5) is 73.2. The molecule has 0 aromatic heterocycles. The fourth-order valence-corrected chi connectivity index (χ4v) is 14.6. The highest BCUT2D eigenvalue weighted by molar-refractivity contribution is 7.47. The number of carbonyl (C=O) groups is 4. The Bertz CT molecular complexity index is 1990. The average Bonchev–Trinajstić information content (AvgIpc) is 0.906.